The van der Waals surface area contributed by atoms with Crippen LogP contribution in [0.4, 0.5) is 0 Å². The molecule has 9 heteroatoms. The third-order valence-electron chi connectivity index (χ3n) is 3.36. The van der Waals surface area contributed by atoms with Gasteiger partial charge in [-0.3, -0.25) is 4.79 Å². The van der Waals surface area contributed by atoms with Gasteiger partial charge in [0.05, 0.1) is 10.7 Å². The third-order valence-corrected chi connectivity index (χ3v) is 4.15. The Balaban J connectivity index is 2.20. The number of aromatic carboxylic acids is 1. The Hall–Kier alpha value is -2.54. The minimum absolute atomic E-state index is 0.0936. The van der Waals surface area contributed by atoms with E-state index < -0.39 is 11.7 Å². The standard InChI is InChI=1S/C17H9Cl3N2O4/c18-9-1-4-11(5-2-9)26-16-12(8-23)15(17(24)25)21-22(16)14-6-3-10(19)7-13(14)20/h1-8H,(H,24,25). The second kappa shape index (κ2) is 7.37. The van der Waals surface area contributed by atoms with Gasteiger partial charge in [-0.15, -0.1) is 0 Å². The number of hydrogen-bond donors (Lipinski definition) is 1. The largest absolute Gasteiger partial charge is 0.476 e. The molecule has 0 saturated carbocycles. The van der Waals surface area contributed by atoms with Crippen LogP contribution in [0.15, 0.2) is 42.5 Å². The van der Waals surface area contributed by atoms with Crippen LogP contribution >= 0.6 is 34.8 Å². The van der Waals surface area contributed by atoms with Crippen molar-refractivity contribution in [3.63, 3.8) is 0 Å². The Morgan fingerprint density at radius 1 is 1.08 bits per heavy atom. The lowest BCUT2D eigenvalue weighted by Gasteiger charge is -2.11. The SMILES string of the molecule is O=Cc1c(C(=O)O)nn(-c2ccc(Cl)cc2Cl)c1Oc1ccc(Cl)cc1. The summed E-state index contributed by atoms with van der Waals surface area (Å²) in [5.74, 6) is -1.14. The van der Waals surface area contributed by atoms with Crippen LogP contribution in [-0.2, 0) is 0 Å². The van der Waals surface area contributed by atoms with E-state index in [0.29, 0.717) is 27.8 Å². The first-order valence-corrected chi connectivity index (χ1v) is 8.24. The molecule has 6 nitrogen and oxygen atoms in total. The number of aromatic nitrogens is 2. The average molecular weight is 412 g/mol. The second-order valence-corrected chi connectivity index (χ2v) is 6.33. The van der Waals surface area contributed by atoms with Crippen LogP contribution in [0.2, 0.25) is 15.1 Å². The summed E-state index contributed by atoms with van der Waals surface area (Å²) in [6.07, 6.45) is 0.363. The Morgan fingerprint density at radius 3 is 2.31 bits per heavy atom. The van der Waals surface area contributed by atoms with Crippen molar-refractivity contribution in [2.75, 3.05) is 0 Å². The zero-order chi connectivity index (χ0) is 18.8. The number of carboxylic acid groups (broad SMARTS) is 1. The lowest BCUT2D eigenvalue weighted by molar-refractivity contribution is 0.0687. The number of carboxylic acids is 1. The predicted molar refractivity (Wildman–Crippen MR) is 97.5 cm³/mol. The van der Waals surface area contributed by atoms with Crippen molar-refractivity contribution in [3.05, 3.63) is 68.8 Å². The monoisotopic (exact) mass is 410 g/mol. The summed E-state index contributed by atoms with van der Waals surface area (Å²) in [7, 11) is 0. The molecule has 1 N–H and O–H groups in total. The highest BCUT2D eigenvalue weighted by Crippen LogP contribution is 2.33. The second-order valence-electron chi connectivity index (χ2n) is 5.05. The molecule has 3 aromatic rings. The van der Waals surface area contributed by atoms with Crippen LogP contribution in [0.1, 0.15) is 20.8 Å². The molecule has 0 fully saturated rings. The summed E-state index contributed by atoms with van der Waals surface area (Å²) in [5, 5.41) is 14.4. The smallest absolute Gasteiger partial charge is 0.357 e. The average Bonchev–Trinajstić information content (AvgIpc) is 2.95. The Labute approximate surface area is 162 Å². The maximum absolute atomic E-state index is 11.5. The van der Waals surface area contributed by atoms with Crippen molar-refractivity contribution in [1.29, 1.82) is 0 Å². The first-order valence-electron chi connectivity index (χ1n) is 7.11. The summed E-state index contributed by atoms with van der Waals surface area (Å²) in [4.78, 5) is 23.0. The van der Waals surface area contributed by atoms with E-state index in [4.69, 9.17) is 39.5 Å². The molecule has 2 aromatic carbocycles. The van der Waals surface area contributed by atoms with Crippen molar-refractivity contribution in [2.24, 2.45) is 0 Å². The molecule has 132 valence electrons. The maximum atomic E-state index is 11.5. The van der Waals surface area contributed by atoms with Crippen molar-refractivity contribution < 1.29 is 19.4 Å². The molecule has 0 radical (unpaired) electrons. The lowest BCUT2D eigenvalue weighted by atomic mass is 10.2. The van der Waals surface area contributed by atoms with E-state index in [1.165, 1.54) is 12.1 Å². The molecule has 0 saturated heterocycles. The molecule has 0 spiro atoms. The van der Waals surface area contributed by atoms with E-state index in [1.807, 2.05) is 0 Å². The van der Waals surface area contributed by atoms with E-state index >= 15 is 0 Å². The maximum Gasteiger partial charge on any atom is 0.357 e. The summed E-state index contributed by atoms with van der Waals surface area (Å²) < 4.78 is 6.85. The third kappa shape index (κ3) is 3.53. The van der Waals surface area contributed by atoms with Crippen molar-refractivity contribution >= 4 is 47.1 Å². The molecule has 0 unspecified atom stereocenters. The highest BCUT2D eigenvalue weighted by atomic mass is 35.5. The molecular weight excluding hydrogens is 403 g/mol. The lowest BCUT2D eigenvalue weighted by Crippen LogP contribution is -2.03. The van der Waals surface area contributed by atoms with E-state index in [9.17, 15) is 14.7 Å². The highest BCUT2D eigenvalue weighted by Gasteiger charge is 2.26. The van der Waals surface area contributed by atoms with Crippen molar-refractivity contribution in [1.82, 2.24) is 9.78 Å². The van der Waals surface area contributed by atoms with Gasteiger partial charge in [0.25, 0.3) is 0 Å². The van der Waals surface area contributed by atoms with E-state index in [0.717, 1.165) is 4.68 Å². The number of halogens is 3. The van der Waals surface area contributed by atoms with Crippen molar-refractivity contribution in [3.8, 4) is 17.3 Å². The molecule has 1 aromatic heterocycles. The number of hydrogen-bond acceptors (Lipinski definition) is 4. The van der Waals surface area contributed by atoms with Gasteiger partial charge in [-0.1, -0.05) is 34.8 Å². The van der Waals surface area contributed by atoms with Gasteiger partial charge in [0, 0.05) is 10.0 Å². The molecule has 3 rings (SSSR count). The minimum atomic E-state index is -1.38. The fourth-order valence-electron chi connectivity index (χ4n) is 2.21. The van der Waals surface area contributed by atoms with E-state index in [-0.39, 0.29) is 16.5 Å². The Morgan fingerprint density at radius 2 is 1.73 bits per heavy atom. The van der Waals surface area contributed by atoms with Gasteiger partial charge in [0.15, 0.2) is 12.0 Å². The molecular formula is C17H9Cl3N2O4. The van der Waals surface area contributed by atoms with Crippen LogP contribution < -0.4 is 4.74 Å². The molecule has 0 bridgehead atoms. The van der Waals surface area contributed by atoms with E-state index in [1.54, 1.807) is 30.3 Å². The number of nitrogens with zero attached hydrogens (tertiary/aromatic N) is 2. The van der Waals surface area contributed by atoms with Crippen LogP contribution in [0.5, 0.6) is 11.6 Å². The topological polar surface area (TPSA) is 81.4 Å². The van der Waals surface area contributed by atoms with Gasteiger partial charge in [-0.25, -0.2) is 4.79 Å². The number of rotatable bonds is 5. The normalized spacial score (nSPS) is 10.6. The highest BCUT2D eigenvalue weighted by molar-refractivity contribution is 6.35. The molecule has 0 amide bonds. The predicted octanol–water partition coefficient (Wildman–Crippen LogP) is 5.14. The van der Waals surface area contributed by atoms with Crippen LogP contribution in [-0.4, -0.2) is 27.1 Å². The summed E-state index contributed by atoms with van der Waals surface area (Å²) in [6.45, 7) is 0. The van der Waals surface area contributed by atoms with E-state index in [2.05, 4.69) is 5.10 Å². The fourth-order valence-corrected chi connectivity index (χ4v) is 2.82. The zero-order valence-corrected chi connectivity index (χ0v) is 15.1. The number of carbonyl (C=O) groups is 2. The van der Waals surface area contributed by atoms with Gasteiger partial charge < -0.3 is 9.84 Å². The minimum Gasteiger partial charge on any atom is -0.476 e. The van der Waals surface area contributed by atoms with Gasteiger partial charge in [0.2, 0.25) is 5.88 Å². The molecule has 26 heavy (non-hydrogen) atoms. The van der Waals surface area contributed by atoms with Crippen molar-refractivity contribution in [2.45, 2.75) is 0 Å². The van der Waals surface area contributed by atoms with Crippen LogP contribution in [0, 0.1) is 0 Å². The van der Waals surface area contributed by atoms with Crippen LogP contribution in [0.25, 0.3) is 5.69 Å². The number of benzene rings is 2. The first kappa shape index (κ1) is 18.3. The number of carbonyl (C=O) groups excluding carboxylic acids is 1. The van der Waals surface area contributed by atoms with Crippen LogP contribution in [0.3, 0.4) is 0 Å². The Kier molecular flexibility index (Phi) is 5.18. The summed E-state index contributed by atoms with van der Waals surface area (Å²) in [6, 6.07) is 10.9. The van der Waals surface area contributed by atoms with Gasteiger partial charge >= 0.3 is 5.97 Å². The molecule has 0 aliphatic heterocycles. The molecule has 0 aliphatic rings. The number of aldehydes is 1. The van der Waals surface area contributed by atoms with Gasteiger partial charge in [-0.2, -0.15) is 9.78 Å². The van der Waals surface area contributed by atoms with Gasteiger partial charge in [0.1, 0.15) is 11.3 Å². The molecule has 0 aliphatic carbocycles. The summed E-state index contributed by atoms with van der Waals surface area (Å²) in [5.41, 5.74) is -0.385. The quantitative estimate of drug-likeness (QED) is 0.588. The molecule has 1 heterocycles. The molecule has 0 atom stereocenters. The Bertz CT molecular complexity index is 1000. The van der Waals surface area contributed by atoms with Gasteiger partial charge in [-0.05, 0) is 42.5 Å². The zero-order valence-electron chi connectivity index (χ0n) is 12.8. The number of ether oxygens (including phenoxy) is 1. The fraction of sp³-hybridized carbons (Fsp3) is 0. The first-order chi connectivity index (χ1) is 12.4. The summed E-state index contributed by atoms with van der Waals surface area (Å²) >= 11 is 17.9.